The first-order chi connectivity index (χ1) is 12.5. The van der Waals surface area contributed by atoms with Crippen molar-refractivity contribution in [1.29, 1.82) is 0 Å². The maximum absolute atomic E-state index is 13.2. The van der Waals surface area contributed by atoms with Crippen molar-refractivity contribution in [3.05, 3.63) is 35.2 Å². The van der Waals surface area contributed by atoms with Crippen LogP contribution in [0.5, 0.6) is 0 Å². The molecule has 0 bridgehead atoms. The lowest BCUT2D eigenvalue weighted by molar-refractivity contribution is -0.0543. The molecule has 0 atom stereocenters. The third kappa shape index (κ3) is 2.97. The van der Waals surface area contributed by atoms with Gasteiger partial charge >= 0.3 is 0 Å². The number of hydrogen-bond acceptors (Lipinski definition) is 5. The molecule has 2 aromatic rings. The summed E-state index contributed by atoms with van der Waals surface area (Å²) in [6.45, 7) is 7.88. The molecule has 0 radical (unpaired) electrons. The van der Waals surface area contributed by atoms with E-state index in [1.54, 1.807) is 0 Å². The highest BCUT2D eigenvalue weighted by molar-refractivity contribution is 5.97. The third-order valence-electron chi connectivity index (χ3n) is 6.03. The standard InChI is InChI=1S/C20H26N4O2/c1-14-15(2)22-18-12-16(4-5-17(18)21-14)19(25)24-9-8-23(3)20(13-24)6-10-26-11-7-20/h4-5,12H,6-11,13H2,1-3H3. The Hall–Kier alpha value is -2.05. The first-order valence-corrected chi connectivity index (χ1v) is 9.32. The van der Waals surface area contributed by atoms with E-state index in [1.807, 2.05) is 36.9 Å². The van der Waals surface area contributed by atoms with Gasteiger partial charge in [-0.3, -0.25) is 9.69 Å². The Morgan fingerprint density at radius 1 is 1.08 bits per heavy atom. The minimum atomic E-state index is 0.0521. The van der Waals surface area contributed by atoms with Gasteiger partial charge in [0.15, 0.2) is 0 Å². The van der Waals surface area contributed by atoms with Gasteiger partial charge in [-0.15, -0.1) is 0 Å². The second-order valence-corrected chi connectivity index (χ2v) is 7.58. The third-order valence-corrected chi connectivity index (χ3v) is 6.03. The molecule has 6 heteroatoms. The molecule has 1 aromatic heterocycles. The van der Waals surface area contributed by atoms with Crippen LogP contribution in [0.1, 0.15) is 34.6 Å². The van der Waals surface area contributed by atoms with Crippen molar-refractivity contribution < 1.29 is 9.53 Å². The monoisotopic (exact) mass is 354 g/mol. The lowest BCUT2D eigenvalue weighted by Crippen LogP contribution is -2.63. The zero-order valence-electron chi connectivity index (χ0n) is 15.8. The second-order valence-electron chi connectivity index (χ2n) is 7.58. The van der Waals surface area contributed by atoms with E-state index < -0.39 is 0 Å². The molecular weight excluding hydrogens is 328 g/mol. The predicted molar refractivity (Wildman–Crippen MR) is 100 cm³/mol. The number of aryl methyl sites for hydroxylation is 2. The molecule has 2 fully saturated rings. The van der Waals surface area contributed by atoms with Crippen LogP contribution < -0.4 is 0 Å². The minimum absolute atomic E-state index is 0.0521. The largest absolute Gasteiger partial charge is 0.381 e. The van der Waals surface area contributed by atoms with Gasteiger partial charge < -0.3 is 9.64 Å². The van der Waals surface area contributed by atoms with Gasteiger partial charge in [-0.25, -0.2) is 9.97 Å². The van der Waals surface area contributed by atoms with Crippen molar-refractivity contribution in [2.24, 2.45) is 0 Å². The van der Waals surface area contributed by atoms with E-state index in [1.165, 1.54) is 0 Å². The highest BCUT2D eigenvalue weighted by atomic mass is 16.5. The van der Waals surface area contributed by atoms with Crippen LogP contribution in [0.2, 0.25) is 0 Å². The van der Waals surface area contributed by atoms with Crippen LogP contribution in [0.4, 0.5) is 0 Å². The molecule has 1 aromatic carbocycles. The Morgan fingerprint density at radius 3 is 2.50 bits per heavy atom. The van der Waals surface area contributed by atoms with Crippen molar-refractivity contribution >= 4 is 16.9 Å². The highest BCUT2D eigenvalue weighted by Gasteiger charge is 2.42. The Bertz CT molecular complexity index is 845. The molecule has 6 nitrogen and oxygen atoms in total. The number of rotatable bonds is 1. The summed E-state index contributed by atoms with van der Waals surface area (Å²) in [4.78, 5) is 26.7. The molecule has 2 aliphatic rings. The van der Waals surface area contributed by atoms with Crippen molar-refractivity contribution in [3.8, 4) is 0 Å². The fourth-order valence-corrected chi connectivity index (χ4v) is 4.07. The van der Waals surface area contributed by atoms with Crippen molar-refractivity contribution in [2.75, 3.05) is 39.9 Å². The molecule has 1 amide bonds. The molecule has 3 heterocycles. The van der Waals surface area contributed by atoms with Gasteiger partial charge in [-0.05, 0) is 51.9 Å². The van der Waals surface area contributed by atoms with Crippen LogP contribution in [0, 0.1) is 13.8 Å². The number of likely N-dealkylation sites (N-methyl/N-ethyl adjacent to an activating group) is 1. The normalized spacial score (nSPS) is 20.7. The molecule has 1 spiro atoms. The average Bonchev–Trinajstić information content (AvgIpc) is 2.65. The molecule has 138 valence electrons. The summed E-state index contributed by atoms with van der Waals surface area (Å²) in [6.07, 6.45) is 1.96. The number of carbonyl (C=O) groups is 1. The SMILES string of the molecule is Cc1nc2ccc(C(=O)N3CCN(C)C4(CCOCC4)C3)cc2nc1C. The lowest BCUT2D eigenvalue weighted by Gasteiger charge is -2.51. The Labute approximate surface area is 154 Å². The molecule has 0 unspecified atom stereocenters. The Morgan fingerprint density at radius 2 is 1.77 bits per heavy atom. The van der Waals surface area contributed by atoms with Crippen LogP contribution in [0.3, 0.4) is 0 Å². The number of nitrogens with zero attached hydrogens (tertiary/aromatic N) is 4. The summed E-state index contributed by atoms with van der Waals surface area (Å²) >= 11 is 0. The van der Waals surface area contributed by atoms with Gasteiger partial charge in [-0.2, -0.15) is 0 Å². The number of piperazine rings is 1. The van der Waals surface area contributed by atoms with E-state index in [0.717, 1.165) is 68.1 Å². The highest BCUT2D eigenvalue weighted by Crippen LogP contribution is 2.31. The molecule has 2 saturated heterocycles. The Kier molecular flexibility index (Phi) is 4.40. The molecule has 2 aliphatic heterocycles. The van der Waals surface area contributed by atoms with Gasteiger partial charge in [0, 0.05) is 44.0 Å². The molecular formula is C20H26N4O2. The zero-order valence-corrected chi connectivity index (χ0v) is 15.8. The van der Waals surface area contributed by atoms with Gasteiger partial charge in [0.2, 0.25) is 0 Å². The second kappa shape index (κ2) is 6.59. The molecule has 4 rings (SSSR count). The minimum Gasteiger partial charge on any atom is -0.381 e. The van der Waals surface area contributed by atoms with E-state index in [0.29, 0.717) is 5.56 Å². The zero-order chi connectivity index (χ0) is 18.3. The van der Waals surface area contributed by atoms with E-state index in [2.05, 4.69) is 21.9 Å². The number of amides is 1. The average molecular weight is 354 g/mol. The van der Waals surface area contributed by atoms with Crippen LogP contribution in [-0.4, -0.2) is 71.1 Å². The first-order valence-electron chi connectivity index (χ1n) is 9.32. The number of aromatic nitrogens is 2. The van der Waals surface area contributed by atoms with E-state index in [4.69, 9.17) is 4.74 Å². The maximum Gasteiger partial charge on any atom is 0.254 e. The Balaban J connectivity index is 1.60. The molecule has 0 N–H and O–H groups in total. The van der Waals surface area contributed by atoms with E-state index >= 15 is 0 Å². The number of carbonyl (C=O) groups excluding carboxylic acids is 1. The summed E-state index contributed by atoms with van der Waals surface area (Å²) in [6, 6.07) is 5.66. The first kappa shape index (κ1) is 17.4. The quantitative estimate of drug-likeness (QED) is 0.786. The molecule has 0 aliphatic carbocycles. The van der Waals surface area contributed by atoms with Gasteiger partial charge in [0.1, 0.15) is 0 Å². The number of fused-ring (bicyclic) bond motifs is 1. The lowest BCUT2D eigenvalue weighted by atomic mass is 9.85. The van der Waals surface area contributed by atoms with Gasteiger partial charge in [0.25, 0.3) is 5.91 Å². The summed E-state index contributed by atoms with van der Waals surface area (Å²) < 4.78 is 5.55. The van der Waals surface area contributed by atoms with Crippen molar-refractivity contribution in [2.45, 2.75) is 32.2 Å². The van der Waals surface area contributed by atoms with E-state index in [9.17, 15) is 4.79 Å². The smallest absolute Gasteiger partial charge is 0.254 e. The van der Waals surface area contributed by atoms with Gasteiger partial charge in [-0.1, -0.05) is 0 Å². The number of ether oxygens (including phenoxy) is 1. The maximum atomic E-state index is 13.2. The molecule has 0 saturated carbocycles. The summed E-state index contributed by atoms with van der Waals surface area (Å²) in [5.41, 5.74) is 4.20. The van der Waals surface area contributed by atoms with Gasteiger partial charge in [0.05, 0.1) is 22.4 Å². The summed E-state index contributed by atoms with van der Waals surface area (Å²) in [5, 5.41) is 0. The summed E-state index contributed by atoms with van der Waals surface area (Å²) in [5.74, 6) is 0.0888. The fraction of sp³-hybridized carbons (Fsp3) is 0.550. The molecule has 26 heavy (non-hydrogen) atoms. The van der Waals surface area contributed by atoms with Crippen LogP contribution in [0.15, 0.2) is 18.2 Å². The number of hydrogen-bond donors (Lipinski definition) is 0. The van der Waals surface area contributed by atoms with Crippen LogP contribution in [0.25, 0.3) is 11.0 Å². The topological polar surface area (TPSA) is 58.6 Å². The number of benzene rings is 1. The van der Waals surface area contributed by atoms with Crippen molar-refractivity contribution in [3.63, 3.8) is 0 Å². The summed E-state index contributed by atoms with van der Waals surface area (Å²) in [7, 11) is 2.17. The van der Waals surface area contributed by atoms with Crippen LogP contribution >= 0.6 is 0 Å². The predicted octanol–water partition coefficient (Wildman–Crippen LogP) is 2.18. The fourth-order valence-electron chi connectivity index (χ4n) is 4.07. The van der Waals surface area contributed by atoms with Crippen molar-refractivity contribution in [1.82, 2.24) is 19.8 Å². The van der Waals surface area contributed by atoms with E-state index in [-0.39, 0.29) is 11.4 Å². The van der Waals surface area contributed by atoms with Crippen LogP contribution in [-0.2, 0) is 4.74 Å².